The molecule has 0 aliphatic carbocycles. The van der Waals surface area contributed by atoms with Gasteiger partial charge in [-0.25, -0.2) is 9.78 Å². The summed E-state index contributed by atoms with van der Waals surface area (Å²) in [4.78, 5) is 41.5. The highest BCUT2D eigenvalue weighted by atomic mass is 35.5. The first kappa shape index (κ1) is 20.9. The van der Waals surface area contributed by atoms with Gasteiger partial charge >= 0.3 is 6.03 Å². The van der Waals surface area contributed by atoms with E-state index in [0.29, 0.717) is 33.4 Å². The number of fused-ring (bicyclic) bond motifs is 1. The fraction of sp³-hybridized carbons (Fsp3) is 0.263. The normalized spacial score (nSPS) is 12.0. The lowest BCUT2D eigenvalue weighted by Gasteiger charge is -2.15. The Bertz CT molecular complexity index is 1100. The van der Waals surface area contributed by atoms with Crippen LogP contribution in [-0.2, 0) is 11.3 Å². The van der Waals surface area contributed by atoms with Crippen molar-refractivity contribution in [2.45, 2.75) is 30.8 Å². The molecule has 1 aromatic carbocycles. The van der Waals surface area contributed by atoms with Gasteiger partial charge < -0.3 is 9.73 Å². The van der Waals surface area contributed by atoms with Crippen molar-refractivity contribution in [3.8, 4) is 0 Å². The first-order valence-electron chi connectivity index (χ1n) is 8.87. The lowest BCUT2D eigenvalue weighted by Crippen LogP contribution is -2.42. The van der Waals surface area contributed by atoms with Crippen LogP contribution in [0.4, 0.5) is 4.79 Å². The second-order valence-corrected chi connectivity index (χ2v) is 7.88. The van der Waals surface area contributed by atoms with Gasteiger partial charge in [-0.2, -0.15) is 0 Å². The van der Waals surface area contributed by atoms with Gasteiger partial charge in [0.25, 0.3) is 5.56 Å². The molecule has 0 spiro atoms. The summed E-state index contributed by atoms with van der Waals surface area (Å²) < 4.78 is 6.80. The van der Waals surface area contributed by atoms with Crippen LogP contribution in [0.2, 0.25) is 5.02 Å². The molecule has 0 saturated carbocycles. The highest BCUT2D eigenvalue weighted by Crippen LogP contribution is 2.24. The van der Waals surface area contributed by atoms with Crippen LogP contribution in [0.25, 0.3) is 10.9 Å². The largest absolute Gasteiger partial charge is 0.467 e. The number of hydrogen-bond donors (Lipinski definition) is 2. The average Bonchev–Trinajstić information content (AvgIpc) is 3.18. The zero-order valence-electron chi connectivity index (χ0n) is 15.8. The van der Waals surface area contributed by atoms with Gasteiger partial charge in [-0.1, -0.05) is 23.4 Å². The molecule has 0 saturated heterocycles. The van der Waals surface area contributed by atoms with E-state index in [-0.39, 0.29) is 12.1 Å². The molecule has 0 radical (unpaired) electrons. The molecule has 2 N–H and O–H groups in total. The zero-order chi connectivity index (χ0) is 21.0. The SMILES string of the molecule is CCNC(=O)NC(=O)C(C)Sc1nc2cc(Cl)ccc2c(=O)n1Cc1ccco1. The molecular formula is C19H19ClN4O4S. The monoisotopic (exact) mass is 434 g/mol. The maximum absolute atomic E-state index is 13.1. The molecule has 3 aromatic rings. The number of halogens is 1. The number of imide groups is 1. The minimum absolute atomic E-state index is 0.157. The third-order valence-electron chi connectivity index (χ3n) is 4.00. The van der Waals surface area contributed by atoms with E-state index in [1.54, 1.807) is 44.2 Å². The van der Waals surface area contributed by atoms with Gasteiger partial charge in [0, 0.05) is 11.6 Å². The van der Waals surface area contributed by atoms with Gasteiger partial charge in [0.2, 0.25) is 5.91 Å². The summed E-state index contributed by atoms with van der Waals surface area (Å²) in [6, 6.07) is 7.74. The number of hydrogen-bond acceptors (Lipinski definition) is 6. The predicted octanol–water partition coefficient (Wildman–Crippen LogP) is 3.02. The van der Waals surface area contributed by atoms with Crippen molar-refractivity contribution in [2.24, 2.45) is 0 Å². The fourth-order valence-electron chi connectivity index (χ4n) is 2.59. The highest BCUT2D eigenvalue weighted by Gasteiger charge is 2.21. The van der Waals surface area contributed by atoms with Crippen LogP contribution in [0, 0.1) is 0 Å². The molecule has 1 atom stereocenters. The minimum Gasteiger partial charge on any atom is -0.467 e. The Morgan fingerprint density at radius 2 is 2.14 bits per heavy atom. The van der Waals surface area contributed by atoms with E-state index < -0.39 is 17.2 Å². The van der Waals surface area contributed by atoms with Gasteiger partial charge in [0.1, 0.15) is 5.76 Å². The molecule has 2 heterocycles. The first-order valence-corrected chi connectivity index (χ1v) is 10.1. The zero-order valence-corrected chi connectivity index (χ0v) is 17.3. The van der Waals surface area contributed by atoms with Crippen LogP contribution >= 0.6 is 23.4 Å². The van der Waals surface area contributed by atoms with Crippen molar-refractivity contribution in [3.05, 3.63) is 57.7 Å². The van der Waals surface area contributed by atoms with E-state index in [9.17, 15) is 14.4 Å². The number of thioether (sulfide) groups is 1. The van der Waals surface area contributed by atoms with Crippen molar-refractivity contribution >= 4 is 46.2 Å². The summed E-state index contributed by atoms with van der Waals surface area (Å²) in [6.45, 7) is 3.94. The number of aromatic nitrogens is 2. The molecule has 2 aromatic heterocycles. The van der Waals surface area contributed by atoms with Crippen molar-refractivity contribution in [1.82, 2.24) is 20.2 Å². The van der Waals surface area contributed by atoms with Crippen molar-refractivity contribution in [2.75, 3.05) is 6.54 Å². The number of carbonyl (C=O) groups is 2. The Labute approximate surface area is 175 Å². The van der Waals surface area contributed by atoms with Gasteiger partial charge in [-0.3, -0.25) is 19.5 Å². The van der Waals surface area contributed by atoms with Crippen LogP contribution in [-0.4, -0.2) is 33.3 Å². The number of benzene rings is 1. The second-order valence-electron chi connectivity index (χ2n) is 6.14. The molecular weight excluding hydrogens is 416 g/mol. The third kappa shape index (κ3) is 4.99. The second kappa shape index (κ2) is 9.15. The Kier molecular flexibility index (Phi) is 6.60. The Morgan fingerprint density at radius 3 is 2.83 bits per heavy atom. The van der Waals surface area contributed by atoms with Crippen LogP contribution in [0.15, 0.2) is 51.0 Å². The van der Waals surface area contributed by atoms with E-state index in [0.717, 1.165) is 11.8 Å². The summed E-state index contributed by atoms with van der Waals surface area (Å²) in [5, 5.41) is 5.26. The van der Waals surface area contributed by atoms with E-state index in [2.05, 4.69) is 15.6 Å². The number of nitrogens with zero attached hydrogens (tertiary/aromatic N) is 2. The Morgan fingerprint density at radius 1 is 1.34 bits per heavy atom. The molecule has 0 fully saturated rings. The summed E-state index contributed by atoms with van der Waals surface area (Å²) in [5.74, 6) is 0.0782. The number of urea groups is 1. The van der Waals surface area contributed by atoms with Crippen LogP contribution in [0.1, 0.15) is 19.6 Å². The van der Waals surface area contributed by atoms with E-state index in [4.69, 9.17) is 16.0 Å². The van der Waals surface area contributed by atoms with Gasteiger partial charge in [-0.15, -0.1) is 0 Å². The van der Waals surface area contributed by atoms with Gasteiger partial charge in [-0.05, 0) is 44.2 Å². The van der Waals surface area contributed by atoms with Crippen molar-refractivity contribution < 1.29 is 14.0 Å². The number of amides is 3. The smallest absolute Gasteiger partial charge is 0.321 e. The van der Waals surface area contributed by atoms with E-state index in [1.807, 2.05) is 0 Å². The summed E-state index contributed by atoms with van der Waals surface area (Å²) >= 11 is 7.11. The van der Waals surface area contributed by atoms with Gasteiger partial charge in [0.15, 0.2) is 5.16 Å². The maximum Gasteiger partial charge on any atom is 0.321 e. The van der Waals surface area contributed by atoms with Crippen LogP contribution in [0.5, 0.6) is 0 Å². The topological polar surface area (TPSA) is 106 Å². The Balaban J connectivity index is 1.97. The molecule has 29 heavy (non-hydrogen) atoms. The number of furan rings is 1. The average molecular weight is 435 g/mol. The standard InChI is InChI=1S/C19H19ClN4O4S/c1-3-21-18(27)23-16(25)11(2)29-19-22-15-9-12(20)6-7-14(15)17(26)24(19)10-13-5-4-8-28-13/h4-9,11H,3,10H2,1-2H3,(H2,21,23,25,27). The lowest BCUT2D eigenvalue weighted by molar-refractivity contribution is -0.119. The van der Waals surface area contributed by atoms with Crippen LogP contribution in [0.3, 0.4) is 0 Å². The maximum atomic E-state index is 13.1. The molecule has 3 amide bonds. The van der Waals surface area contributed by atoms with E-state index in [1.165, 1.54) is 10.8 Å². The molecule has 8 nitrogen and oxygen atoms in total. The summed E-state index contributed by atoms with van der Waals surface area (Å²) in [7, 11) is 0. The third-order valence-corrected chi connectivity index (χ3v) is 5.33. The van der Waals surface area contributed by atoms with Crippen molar-refractivity contribution in [3.63, 3.8) is 0 Å². The molecule has 3 rings (SSSR count). The number of carbonyl (C=O) groups excluding carboxylic acids is 2. The van der Waals surface area contributed by atoms with Crippen LogP contribution < -0.4 is 16.2 Å². The van der Waals surface area contributed by atoms with Crippen molar-refractivity contribution in [1.29, 1.82) is 0 Å². The lowest BCUT2D eigenvalue weighted by atomic mass is 10.2. The molecule has 10 heteroatoms. The molecule has 1 unspecified atom stereocenters. The summed E-state index contributed by atoms with van der Waals surface area (Å²) in [5.41, 5.74) is 0.152. The minimum atomic E-state index is -0.677. The Hall–Kier alpha value is -2.78. The first-order chi connectivity index (χ1) is 13.9. The van der Waals surface area contributed by atoms with Gasteiger partial charge in [0.05, 0.1) is 29.0 Å². The quantitative estimate of drug-likeness (QED) is 0.456. The number of nitrogens with one attached hydrogen (secondary N) is 2. The fourth-order valence-corrected chi connectivity index (χ4v) is 3.67. The molecule has 0 aliphatic rings. The summed E-state index contributed by atoms with van der Waals surface area (Å²) in [6.07, 6.45) is 1.52. The molecule has 0 aliphatic heterocycles. The number of rotatable bonds is 6. The molecule has 152 valence electrons. The molecule has 0 bridgehead atoms. The van der Waals surface area contributed by atoms with E-state index >= 15 is 0 Å². The highest BCUT2D eigenvalue weighted by molar-refractivity contribution is 8.00. The predicted molar refractivity (Wildman–Crippen MR) is 111 cm³/mol.